The zero-order valence-corrected chi connectivity index (χ0v) is 18.1. The van der Waals surface area contributed by atoms with Crippen LogP contribution in [0.15, 0.2) is 52.9 Å². The van der Waals surface area contributed by atoms with Gasteiger partial charge in [-0.25, -0.2) is 0 Å². The summed E-state index contributed by atoms with van der Waals surface area (Å²) in [4.78, 5) is 24.2. The van der Waals surface area contributed by atoms with Crippen molar-refractivity contribution in [2.24, 2.45) is 0 Å². The number of fused-ring (bicyclic) bond motifs is 1. The van der Waals surface area contributed by atoms with E-state index in [-0.39, 0.29) is 24.4 Å². The van der Waals surface area contributed by atoms with Gasteiger partial charge in [-0.3, -0.25) is 14.9 Å². The van der Waals surface area contributed by atoms with E-state index in [1.807, 2.05) is 37.3 Å². The normalized spacial score (nSPS) is 12.2. The largest absolute Gasteiger partial charge is 0.454 e. The number of amides is 2. The third-order valence-electron chi connectivity index (χ3n) is 4.12. The number of ether oxygens (including phenoxy) is 2. The first kappa shape index (κ1) is 20.9. The lowest BCUT2D eigenvalue weighted by Crippen LogP contribution is -2.13. The molecule has 2 amide bonds. The molecule has 8 nitrogen and oxygen atoms in total. The van der Waals surface area contributed by atoms with E-state index in [4.69, 9.17) is 9.47 Å². The summed E-state index contributed by atoms with van der Waals surface area (Å²) in [5.41, 5.74) is 2.68. The van der Waals surface area contributed by atoms with E-state index in [2.05, 4.69) is 20.8 Å². The monoisotopic (exact) mass is 454 g/mol. The van der Waals surface area contributed by atoms with Gasteiger partial charge in [0, 0.05) is 11.8 Å². The summed E-state index contributed by atoms with van der Waals surface area (Å²) in [5, 5.41) is 13.8. The Morgan fingerprint density at radius 1 is 1.10 bits per heavy atom. The minimum Gasteiger partial charge on any atom is -0.454 e. The Morgan fingerprint density at radius 3 is 2.74 bits per heavy atom. The van der Waals surface area contributed by atoms with Gasteiger partial charge < -0.3 is 14.8 Å². The topological polar surface area (TPSA) is 102 Å². The van der Waals surface area contributed by atoms with Gasteiger partial charge >= 0.3 is 0 Å². The lowest BCUT2D eigenvalue weighted by atomic mass is 10.2. The quantitative estimate of drug-likeness (QED) is 0.316. The van der Waals surface area contributed by atoms with Crippen LogP contribution in [0.2, 0.25) is 0 Å². The molecule has 31 heavy (non-hydrogen) atoms. The minimum atomic E-state index is -0.331. The summed E-state index contributed by atoms with van der Waals surface area (Å²) < 4.78 is 11.2. The number of rotatable bonds is 7. The van der Waals surface area contributed by atoms with Crippen molar-refractivity contribution < 1.29 is 19.1 Å². The number of anilines is 2. The van der Waals surface area contributed by atoms with Gasteiger partial charge in [0.25, 0.3) is 0 Å². The van der Waals surface area contributed by atoms with Gasteiger partial charge in [-0.2, -0.15) is 0 Å². The first-order valence-corrected chi connectivity index (χ1v) is 11.1. The fourth-order valence-electron chi connectivity index (χ4n) is 2.62. The number of hydrogen-bond acceptors (Lipinski definition) is 8. The Bertz CT molecular complexity index is 1130. The van der Waals surface area contributed by atoms with Crippen LogP contribution in [0.1, 0.15) is 11.1 Å². The second-order valence-corrected chi connectivity index (χ2v) is 8.71. The molecule has 1 aromatic heterocycles. The van der Waals surface area contributed by atoms with E-state index in [1.54, 1.807) is 18.2 Å². The van der Waals surface area contributed by atoms with Crippen LogP contribution in [0.4, 0.5) is 10.8 Å². The van der Waals surface area contributed by atoms with Crippen molar-refractivity contribution in [3.05, 3.63) is 59.7 Å². The van der Waals surface area contributed by atoms with E-state index < -0.39 is 0 Å². The fraction of sp³-hybridized carbons (Fsp3) is 0.143. The highest BCUT2D eigenvalue weighted by Gasteiger charge is 2.13. The maximum absolute atomic E-state index is 12.1. The molecular formula is C21H18N4O4S2. The molecule has 2 aromatic carbocycles. The maximum Gasteiger partial charge on any atom is 0.250 e. The molecule has 0 radical (unpaired) electrons. The van der Waals surface area contributed by atoms with Gasteiger partial charge in [-0.05, 0) is 42.8 Å². The lowest BCUT2D eigenvalue weighted by Gasteiger charge is -2.04. The van der Waals surface area contributed by atoms with Gasteiger partial charge in [0.2, 0.25) is 23.7 Å². The molecule has 0 spiro atoms. The number of carbonyl (C=O) groups is 2. The smallest absolute Gasteiger partial charge is 0.250 e. The number of nitrogens with zero attached hydrogens (tertiary/aromatic N) is 2. The number of aryl methyl sites for hydroxylation is 1. The average Bonchev–Trinajstić information content (AvgIpc) is 3.41. The molecule has 1 aliphatic rings. The highest BCUT2D eigenvalue weighted by molar-refractivity contribution is 8.01. The van der Waals surface area contributed by atoms with Gasteiger partial charge in [-0.1, -0.05) is 46.9 Å². The second kappa shape index (κ2) is 9.63. The van der Waals surface area contributed by atoms with Crippen molar-refractivity contribution in [1.29, 1.82) is 0 Å². The fourth-order valence-corrected chi connectivity index (χ4v) is 4.17. The summed E-state index contributed by atoms with van der Waals surface area (Å²) in [7, 11) is 0. The molecule has 10 heteroatoms. The third-order valence-corrected chi connectivity index (χ3v) is 6.09. The van der Waals surface area contributed by atoms with Crippen molar-refractivity contribution in [2.45, 2.75) is 11.3 Å². The summed E-state index contributed by atoms with van der Waals surface area (Å²) in [5.74, 6) is 1.07. The van der Waals surface area contributed by atoms with Crippen LogP contribution in [0, 0.1) is 6.92 Å². The Labute approximate surface area is 186 Å². The van der Waals surface area contributed by atoms with Crippen molar-refractivity contribution in [3.63, 3.8) is 0 Å². The van der Waals surface area contributed by atoms with Crippen molar-refractivity contribution in [2.75, 3.05) is 23.2 Å². The molecule has 0 fully saturated rings. The molecule has 2 heterocycles. The number of thioether (sulfide) groups is 1. The van der Waals surface area contributed by atoms with E-state index in [9.17, 15) is 9.59 Å². The molecule has 0 unspecified atom stereocenters. The van der Waals surface area contributed by atoms with E-state index >= 15 is 0 Å². The molecule has 2 N–H and O–H groups in total. The molecule has 4 rings (SSSR count). The van der Waals surface area contributed by atoms with Crippen LogP contribution in [-0.4, -0.2) is 34.6 Å². The maximum atomic E-state index is 12.1. The van der Waals surface area contributed by atoms with Crippen molar-refractivity contribution in [3.8, 4) is 11.5 Å². The second-order valence-electron chi connectivity index (χ2n) is 6.51. The Morgan fingerprint density at radius 2 is 1.90 bits per heavy atom. The summed E-state index contributed by atoms with van der Waals surface area (Å²) in [6.45, 7) is 2.19. The van der Waals surface area contributed by atoms with Crippen molar-refractivity contribution >= 4 is 51.8 Å². The predicted octanol–water partition coefficient (Wildman–Crippen LogP) is 3.96. The van der Waals surface area contributed by atoms with Gasteiger partial charge in [-0.15, -0.1) is 10.2 Å². The Hall–Kier alpha value is -3.37. The van der Waals surface area contributed by atoms with Crippen LogP contribution < -0.4 is 20.1 Å². The van der Waals surface area contributed by atoms with Gasteiger partial charge in [0.1, 0.15) is 0 Å². The van der Waals surface area contributed by atoms with Gasteiger partial charge in [0.05, 0.1) is 5.75 Å². The SMILES string of the molecule is Cc1ccc(NC(=O)CSc2nnc(NC(=O)/C=C\c3ccc4c(c3)OCO4)s2)cc1. The summed E-state index contributed by atoms with van der Waals surface area (Å²) in [6, 6.07) is 13.0. The molecule has 1 aliphatic heterocycles. The standard InChI is InChI=1S/C21H18N4O4S2/c1-13-2-6-15(7-3-13)22-19(27)11-30-21-25-24-20(31-21)23-18(26)9-5-14-4-8-16-17(10-14)29-12-28-16/h2-10H,11-12H2,1H3,(H,22,27)(H,23,24,26)/b9-5-. The van der Waals surface area contributed by atoms with Crippen LogP contribution in [0.25, 0.3) is 6.08 Å². The molecule has 3 aromatic rings. The Kier molecular flexibility index (Phi) is 6.48. The van der Waals surface area contributed by atoms with Crippen LogP contribution in [-0.2, 0) is 9.59 Å². The molecule has 0 atom stereocenters. The predicted molar refractivity (Wildman–Crippen MR) is 121 cm³/mol. The van der Waals surface area contributed by atoms with Crippen LogP contribution in [0.5, 0.6) is 11.5 Å². The number of carbonyl (C=O) groups excluding carboxylic acids is 2. The molecule has 0 bridgehead atoms. The first-order chi connectivity index (χ1) is 15.0. The highest BCUT2D eigenvalue weighted by Crippen LogP contribution is 2.32. The first-order valence-electron chi connectivity index (χ1n) is 9.27. The van der Waals surface area contributed by atoms with Crippen LogP contribution in [0.3, 0.4) is 0 Å². The summed E-state index contributed by atoms with van der Waals surface area (Å²) in [6.07, 6.45) is 3.07. The molecule has 0 saturated heterocycles. The Balaban J connectivity index is 1.25. The minimum absolute atomic E-state index is 0.138. The average molecular weight is 455 g/mol. The van der Waals surface area contributed by atoms with Crippen LogP contribution >= 0.6 is 23.1 Å². The third kappa shape index (κ3) is 5.83. The molecular weight excluding hydrogens is 436 g/mol. The number of nitrogens with one attached hydrogen (secondary N) is 2. The lowest BCUT2D eigenvalue weighted by molar-refractivity contribution is -0.114. The number of benzene rings is 2. The summed E-state index contributed by atoms with van der Waals surface area (Å²) >= 11 is 2.47. The van der Waals surface area contributed by atoms with Crippen molar-refractivity contribution in [1.82, 2.24) is 10.2 Å². The molecule has 0 saturated carbocycles. The zero-order valence-electron chi connectivity index (χ0n) is 16.5. The van der Waals surface area contributed by atoms with E-state index in [0.717, 1.165) is 16.8 Å². The number of aromatic nitrogens is 2. The highest BCUT2D eigenvalue weighted by atomic mass is 32.2. The van der Waals surface area contributed by atoms with Gasteiger partial charge in [0.15, 0.2) is 15.8 Å². The molecule has 0 aliphatic carbocycles. The number of hydrogen-bond donors (Lipinski definition) is 2. The van der Waals surface area contributed by atoms with E-state index in [1.165, 1.54) is 29.2 Å². The molecule has 158 valence electrons. The zero-order chi connectivity index (χ0) is 21.6. The van der Waals surface area contributed by atoms with E-state index in [0.29, 0.717) is 21.0 Å².